The number of para-hydroxylation sites is 2. The fourth-order valence-corrected chi connectivity index (χ4v) is 2.70. The molecule has 0 aliphatic carbocycles. The van der Waals surface area contributed by atoms with Gasteiger partial charge in [-0.3, -0.25) is 9.69 Å². The van der Waals surface area contributed by atoms with E-state index in [9.17, 15) is 4.79 Å². The molecule has 0 bridgehead atoms. The molecule has 144 valence electrons. The van der Waals surface area contributed by atoms with E-state index in [1.54, 1.807) is 7.11 Å². The van der Waals surface area contributed by atoms with E-state index < -0.39 is 0 Å². The van der Waals surface area contributed by atoms with Crippen LogP contribution in [0.1, 0.15) is 41.0 Å². The predicted octanol–water partition coefficient (Wildman–Crippen LogP) is 3.81. The maximum Gasteiger partial charge on any atom is 0.239 e. The third kappa shape index (κ3) is 6.75. The number of carbonyl (C=O) groups excluding carboxylic acids is 1. The van der Waals surface area contributed by atoms with Gasteiger partial charge in [-0.25, -0.2) is 0 Å². The minimum atomic E-state index is -0.315. The Hall–Kier alpha value is -1.46. The van der Waals surface area contributed by atoms with Gasteiger partial charge in [0.1, 0.15) is 0 Å². The van der Waals surface area contributed by atoms with Crippen LogP contribution in [-0.2, 0) is 4.79 Å². The normalized spacial score (nSPS) is 11.8. The Morgan fingerprint density at radius 3 is 2.08 bits per heavy atom. The Morgan fingerprint density at radius 1 is 1.08 bits per heavy atom. The fraction of sp³-hybridized carbons (Fsp3) is 0.632. The maximum atomic E-state index is 12.8. The van der Waals surface area contributed by atoms with Crippen molar-refractivity contribution in [3.63, 3.8) is 0 Å². The molecule has 0 fully saturated rings. The number of carbonyl (C=O) groups is 1. The zero-order valence-electron chi connectivity index (χ0n) is 16.3. The zero-order valence-corrected chi connectivity index (χ0v) is 17.1. The van der Waals surface area contributed by atoms with Crippen LogP contribution in [0.4, 0.5) is 0 Å². The van der Waals surface area contributed by atoms with Crippen molar-refractivity contribution >= 4 is 18.3 Å². The third-order valence-electron chi connectivity index (χ3n) is 4.09. The Balaban J connectivity index is 0.00000576. The van der Waals surface area contributed by atoms with Gasteiger partial charge in [0.15, 0.2) is 17.7 Å². The van der Waals surface area contributed by atoms with Crippen LogP contribution in [0.3, 0.4) is 0 Å². The predicted molar refractivity (Wildman–Crippen MR) is 105 cm³/mol. The molecule has 1 unspecified atom stereocenters. The van der Waals surface area contributed by atoms with Crippen LogP contribution in [0.25, 0.3) is 0 Å². The minimum absolute atomic E-state index is 0. The van der Waals surface area contributed by atoms with Gasteiger partial charge >= 0.3 is 0 Å². The number of methoxy groups -OCH3 is 1. The van der Waals surface area contributed by atoms with Gasteiger partial charge in [-0.05, 0) is 39.1 Å². The number of nitrogens with zero attached hydrogens (tertiary/aromatic N) is 2. The Morgan fingerprint density at radius 2 is 1.64 bits per heavy atom. The summed E-state index contributed by atoms with van der Waals surface area (Å²) < 4.78 is 11.5. The summed E-state index contributed by atoms with van der Waals surface area (Å²) in [5.41, 5.74) is 0. The van der Waals surface area contributed by atoms with Crippen LogP contribution in [0.5, 0.6) is 11.5 Å². The summed E-state index contributed by atoms with van der Waals surface area (Å²) >= 11 is 0. The maximum absolute atomic E-state index is 12.8. The molecule has 1 amide bonds. The molecule has 0 heterocycles. The lowest BCUT2D eigenvalue weighted by Crippen LogP contribution is -2.51. The van der Waals surface area contributed by atoms with Crippen LogP contribution in [0, 0.1) is 0 Å². The number of rotatable bonds is 10. The third-order valence-corrected chi connectivity index (χ3v) is 4.09. The molecule has 0 radical (unpaired) electrons. The summed E-state index contributed by atoms with van der Waals surface area (Å²) in [4.78, 5) is 16.8. The number of hydrogen-bond acceptors (Lipinski definition) is 4. The molecular weight excluding hydrogens is 340 g/mol. The van der Waals surface area contributed by atoms with Crippen molar-refractivity contribution in [3.05, 3.63) is 24.3 Å². The first-order valence-corrected chi connectivity index (χ1v) is 8.81. The molecule has 6 heteroatoms. The van der Waals surface area contributed by atoms with E-state index in [1.165, 1.54) is 0 Å². The van der Waals surface area contributed by atoms with Crippen LogP contribution in [0.15, 0.2) is 24.3 Å². The Bertz CT molecular complexity index is 507. The molecule has 1 atom stereocenters. The number of amides is 1. The highest BCUT2D eigenvalue weighted by Gasteiger charge is 2.28. The quantitative estimate of drug-likeness (QED) is 0.586. The van der Waals surface area contributed by atoms with E-state index in [0.717, 1.165) is 13.1 Å². The second-order valence-corrected chi connectivity index (χ2v) is 5.99. The lowest BCUT2D eigenvalue weighted by atomic mass is 10.2. The highest BCUT2D eigenvalue weighted by atomic mass is 35.5. The summed E-state index contributed by atoms with van der Waals surface area (Å²) in [5, 5.41) is 0. The van der Waals surface area contributed by atoms with Gasteiger partial charge in [-0.1, -0.05) is 32.9 Å². The van der Waals surface area contributed by atoms with E-state index in [4.69, 9.17) is 9.47 Å². The average molecular weight is 373 g/mol. The first-order chi connectivity index (χ1) is 11.5. The smallest absolute Gasteiger partial charge is 0.239 e. The molecule has 1 aromatic rings. The minimum Gasteiger partial charge on any atom is -0.493 e. The van der Waals surface area contributed by atoms with Crippen molar-refractivity contribution < 1.29 is 14.3 Å². The summed E-state index contributed by atoms with van der Waals surface area (Å²) in [7, 11) is 1.62. The molecule has 0 saturated carbocycles. The first kappa shape index (κ1) is 23.5. The highest BCUT2D eigenvalue weighted by molar-refractivity contribution is 5.85. The zero-order chi connectivity index (χ0) is 18.1. The van der Waals surface area contributed by atoms with Gasteiger partial charge in [-0.15, -0.1) is 12.4 Å². The van der Waals surface area contributed by atoms with Crippen molar-refractivity contribution in [2.24, 2.45) is 0 Å². The van der Waals surface area contributed by atoms with Gasteiger partial charge < -0.3 is 14.4 Å². The standard InChI is InChI=1S/C19H32N2O3.ClH/c1-7-19(24-17-13-11-10-12-16(17)23-6)21(15(4)5)18(22)14-20(8-2)9-3;/h10-13,15,19H,7-9,14H2,1-6H3;1H. The topological polar surface area (TPSA) is 42.0 Å². The van der Waals surface area contributed by atoms with E-state index in [2.05, 4.69) is 18.7 Å². The summed E-state index contributed by atoms with van der Waals surface area (Å²) in [6.07, 6.45) is 0.393. The lowest BCUT2D eigenvalue weighted by molar-refractivity contribution is -0.144. The molecule has 0 spiro atoms. The van der Waals surface area contributed by atoms with Crippen molar-refractivity contribution in [1.82, 2.24) is 9.80 Å². The number of likely N-dealkylation sites (N-methyl/N-ethyl adjacent to an activating group) is 1. The Kier molecular flexibility index (Phi) is 11.3. The summed E-state index contributed by atoms with van der Waals surface area (Å²) in [6, 6.07) is 7.60. The first-order valence-electron chi connectivity index (χ1n) is 8.81. The average Bonchev–Trinajstić information content (AvgIpc) is 2.58. The number of halogens is 1. The SMILES string of the molecule is CCC(Oc1ccccc1OC)N(C(=O)CN(CC)CC)C(C)C.Cl. The van der Waals surface area contributed by atoms with E-state index in [0.29, 0.717) is 24.5 Å². The van der Waals surface area contributed by atoms with Gasteiger partial charge in [0.2, 0.25) is 5.91 Å². The largest absolute Gasteiger partial charge is 0.493 e. The molecule has 1 rings (SSSR count). The molecule has 0 aromatic heterocycles. The molecule has 1 aromatic carbocycles. The van der Waals surface area contributed by atoms with E-state index in [1.807, 2.05) is 49.9 Å². The summed E-state index contributed by atoms with van der Waals surface area (Å²) in [6.45, 7) is 12.3. The number of benzene rings is 1. The molecule has 5 nitrogen and oxygen atoms in total. The van der Waals surface area contributed by atoms with Gasteiger partial charge in [-0.2, -0.15) is 0 Å². The van der Waals surface area contributed by atoms with Crippen molar-refractivity contribution in [2.45, 2.75) is 53.3 Å². The molecule has 25 heavy (non-hydrogen) atoms. The second-order valence-electron chi connectivity index (χ2n) is 5.99. The monoisotopic (exact) mass is 372 g/mol. The molecule has 0 saturated heterocycles. The molecule has 0 aliphatic heterocycles. The van der Waals surface area contributed by atoms with Crippen molar-refractivity contribution in [2.75, 3.05) is 26.7 Å². The van der Waals surface area contributed by atoms with Gasteiger partial charge in [0, 0.05) is 12.5 Å². The van der Waals surface area contributed by atoms with Crippen LogP contribution in [-0.4, -0.2) is 54.7 Å². The highest BCUT2D eigenvalue weighted by Crippen LogP contribution is 2.28. The number of hydrogen-bond donors (Lipinski definition) is 0. The van der Waals surface area contributed by atoms with Crippen LogP contribution >= 0.6 is 12.4 Å². The second kappa shape index (κ2) is 12.0. The molecule has 0 aliphatic rings. The van der Waals surface area contributed by atoms with E-state index in [-0.39, 0.29) is 30.6 Å². The van der Waals surface area contributed by atoms with Crippen LogP contribution in [0.2, 0.25) is 0 Å². The van der Waals surface area contributed by atoms with Crippen LogP contribution < -0.4 is 9.47 Å². The van der Waals surface area contributed by atoms with Crippen molar-refractivity contribution in [3.8, 4) is 11.5 Å². The molecule has 0 N–H and O–H groups in total. The summed E-state index contributed by atoms with van der Waals surface area (Å²) in [5.74, 6) is 1.43. The lowest BCUT2D eigenvalue weighted by Gasteiger charge is -2.36. The van der Waals surface area contributed by atoms with Gasteiger partial charge in [0.05, 0.1) is 13.7 Å². The molecular formula is C19H33ClN2O3. The van der Waals surface area contributed by atoms with Crippen molar-refractivity contribution in [1.29, 1.82) is 0 Å². The van der Waals surface area contributed by atoms with Gasteiger partial charge in [0.25, 0.3) is 0 Å². The fourth-order valence-electron chi connectivity index (χ4n) is 2.70. The number of ether oxygens (including phenoxy) is 2. The van der Waals surface area contributed by atoms with E-state index >= 15 is 0 Å². The Labute approximate surface area is 158 Å².